The molecule has 0 aliphatic rings. The largest absolute Gasteiger partial charge is 0.364 e. The van der Waals surface area contributed by atoms with Crippen LogP contribution >= 0.6 is 0 Å². The Morgan fingerprint density at radius 3 is 2.59 bits per heavy atom. The number of rotatable bonds is 5. The average molecular weight is 292 g/mol. The van der Waals surface area contributed by atoms with Gasteiger partial charge in [0.05, 0.1) is 17.9 Å². The van der Waals surface area contributed by atoms with Gasteiger partial charge in [-0.2, -0.15) is 4.98 Å². The van der Waals surface area contributed by atoms with E-state index in [0.717, 1.165) is 22.8 Å². The second-order valence-corrected chi connectivity index (χ2v) is 4.62. The van der Waals surface area contributed by atoms with E-state index in [1.165, 1.54) is 0 Å². The maximum absolute atomic E-state index is 4.47. The van der Waals surface area contributed by atoms with E-state index in [9.17, 15) is 0 Å². The molecule has 0 aromatic carbocycles. The fourth-order valence-corrected chi connectivity index (χ4v) is 2.00. The van der Waals surface area contributed by atoms with Gasteiger partial charge in [-0.05, 0) is 24.3 Å². The van der Waals surface area contributed by atoms with E-state index in [2.05, 4.69) is 30.6 Å². The minimum absolute atomic E-state index is 0.567. The van der Waals surface area contributed by atoms with Gasteiger partial charge < -0.3 is 10.6 Å². The maximum Gasteiger partial charge on any atom is 0.224 e. The predicted octanol–water partition coefficient (Wildman–Crippen LogP) is 2.59. The molecule has 3 aromatic heterocycles. The third-order valence-corrected chi connectivity index (χ3v) is 3.10. The number of nitrogens with one attached hydrogen (secondary N) is 2. The van der Waals surface area contributed by atoms with Gasteiger partial charge >= 0.3 is 0 Å². The van der Waals surface area contributed by atoms with Gasteiger partial charge in [0.15, 0.2) is 0 Å². The standard InChI is InChI=1S/C16H16N6/c1-17-16-21-14(12-5-8-18-9-6-12)10-15(22-16)20-11-13-4-2-3-7-19-13/h2-10H,11H2,1H3,(H2,17,20,21,22). The van der Waals surface area contributed by atoms with Crippen LogP contribution in [0.15, 0.2) is 55.0 Å². The lowest BCUT2D eigenvalue weighted by Gasteiger charge is -2.09. The van der Waals surface area contributed by atoms with Gasteiger partial charge in [-0.25, -0.2) is 4.98 Å². The Labute approximate surface area is 128 Å². The zero-order chi connectivity index (χ0) is 15.2. The van der Waals surface area contributed by atoms with E-state index < -0.39 is 0 Å². The molecule has 6 heteroatoms. The first kappa shape index (κ1) is 13.9. The Morgan fingerprint density at radius 1 is 1.00 bits per heavy atom. The number of pyridine rings is 2. The van der Waals surface area contributed by atoms with Crippen molar-refractivity contribution < 1.29 is 0 Å². The molecule has 0 saturated heterocycles. The van der Waals surface area contributed by atoms with Crippen molar-refractivity contribution in [1.29, 1.82) is 0 Å². The molecule has 0 amide bonds. The highest BCUT2D eigenvalue weighted by atomic mass is 15.1. The number of hydrogen-bond donors (Lipinski definition) is 2. The van der Waals surface area contributed by atoms with Crippen molar-refractivity contribution in [2.75, 3.05) is 17.7 Å². The van der Waals surface area contributed by atoms with Crippen LogP contribution in [0.25, 0.3) is 11.3 Å². The second-order valence-electron chi connectivity index (χ2n) is 4.62. The lowest BCUT2D eigenvalue weighted by atomic mass is 10.2. The molecule has 3 heterocycles. The quantitative estimate of drug-likeness (QED) is 0.753. The molecule has 0 fully saturated rings. The molecular weight excluding hydrogens is 276 g/mol. The van der Waals surface area contributed by atoms with Crippen LogP contribution in [-0.2, 0) is 6.54 Å². The monoisotopic (exact) mass is 292 g/mol. The van der Waals surface area contributed by atoms with Crippen molar-refractivity contribution in [2.24, 2.45) is 0 Å². The smallest absolute Gasteiger partial charge is 0.224 e. The van der Waals surface area contributed by atoms with Crippen molar-refractivity contribution in [3.8, 4) is 11.3 Å². The zero-order valence-corrected chi connectivity index (χ0v) is 12.2. The van der Waals surface area contributed by atoms with Gasteiger partial charge in [-0.15, -0.1) is 0 Å². The molecule has 3 rings (SSSR count). The van der Waals surface area contributed by atoms with Crippen LogP contribution in [0.3, 0.4) is 0 Å². The van der Waals surface area contributed by atoms with Crippen molar-refractivity contribution in [2.45, 2.75) is 6.54 Å². The molecule has 3 aromatic rings. The molecule has 110 valence electrons. The lowest BCUT2D eigenvalue weighted by Crippen LogP contribution is -2.06. The highest BCUT2D eigenvalue weighted by Gasteiger charge is 2.06. The maximum atomic E-state index is 4.47. The van der Waals surface area contributed by atoms with E-state index >= 15 is 0 Å². The number of aromatic nitrogens is 4. The van der Waals surface area contributed by atoms with E-state index in [1.54, 1.807) is 25.6 Å². The Morgan fingerprint density at radius 2 is 1.86 bits per heavy atom. The van der Waals surface area contributed by atoms with E-state index in [-0.39, 0.29) is 0 Å². The highest BCUT2D eigenvalue weighted by molar-refractivity contribution is 5.63. The van der Waals surface area contributed by atoms with E-state index in [1.807, 2.05) is 36.4 Å². The van der Waals surface area contributed by atoms with Gasteiger partial charge in [0, 0.05) is 37.3 Å². The topological polar surface area (TPSA) is 75.6 Å². The number of anilines is 2. The van der Waals surface area contributed by atoms with E-state index in [4.69, 9.17) is 0 Å². The SMILES string of the molecule is CNc1nc(NCc2ccccn2)cc(-c2ccncc2)n1. The molecule has 22 heavy (non-hydrogen) atoms. The summed E-state index contributed by atoms with van der Waals surface area (Å²) in [6.45, 7) is 0.608. The lowest BCUT2D eigenvalue weighted by molar-refractivity contribution is 1.02. The summed E-state index contributed by atoms with van der Waals surface area (Å²) in [5.41, 5.74) is 2.79. The first-order valence-corrected chi connectivity index (χ1v) is 6.96. The highest BCUT2D eigenvalue weighted by Crippen LogP contribution is 2.20. The number of hydrogen-bond acceptors (Lipinski definition) is 6. The Kier molecular flexibility index (Phi) is 4.20. The van der Waals surface area contributed by atoms with Crippen LogP contribution in [0.4, 0.5) is 11.8 Å². The minimum Gasteiger partial charge on any atom is -0.364 e. The van der Waals surface area contributed by atoms with Gasteiger partial charge in [-0.1, -0.05) is 6.07 Å². The second kappa shape index (κ2) is 6.62. The molecule has 0 aliphatic carbocycles. The van der Waals surface area contributed by atoms with Gasteiger partial charge in [0.25, 0.3) is 0 Å². The summed E-state index contributed by atoms with van der Waals surface area (Å²) < 4.78 is 0. The van der Waals surface area contributed by atoms with Crippen LogP contribution in [-0.4, -0.2) is 27.0 Å². The molecular formula is C16H16N6. The van der Waals surface area contributed by atoms with Crippen LogP contribution < -0.4 is 10.6 Å². The van der Waals surface area contributed by atoms with Crippen LogP contribution in [0.1, 0.15) is 5.69 Å². The van der Waals surface area contributed by atoms with Crippen molar-refractivity contribution in [3.63, 3.8) is 0 Å². The van der Waals surface area contributed by atoms with E-state index in [0.29, 0.717) is 12.5 Å². The number of nitrogens with zero attached hydrogens (tertiary/aromatic N) is 4. The molecule has 0 unspecified atom stereocenters. The molecule has 2 N–H and O–H groups in total. The summed E-state index contributed by atoms with van der Waals surface area (Å²) in [5.74, 6) is 1.31. The van der Waals surface area contributed by atoms with Crippen LogP contribution in [0, 0.1) is 0 Å². The molecule has 0 bridgehead atoms. The summed E-state index contributed by atoms with van der Waals surface area (Å²) in [6.07, 6.45) is 5.27. The Hall–Kier alpha value is -3.02. The average Bonchev–Trinajstić information content (AvgIpc) is 2.61. The van der Waals surface area contributed by atoms with Crippen molar-refractivity contribution in [3.05, 3.63) is 60.7 Å². The van der Waals surface area contributed by atoms with Gasteiger partial charge in [0.2, 0.25) is 5.95 Å². The Bertz CT molecular complexity index is 730. The summed E-state index contributed by atoms with van der Waals surface area (Å²) in [5, 5.41) is 6.26. The molecule has 0 spiro atoms. The third kappa shape index (κ3) is 3.35. The summed E-state index contributed by atoms with van der Waals surface area (Å²) in [6, 6.07) is 11.6. The summed E-state index contributed by atoms with van der Waals surface area (Å²) >= 11 is 0. The fourth-order valence-electron chi connectivity index (χ4n) is 2.00. The summed E-state index contributed by atoms with van der Waals surface area (Å²) in [7, 11) is 1.80. The fraction of sp³-hybridized carbons (Fsp3) is 0.125. The van der Waals surface area contributed by atoms with Crippen LogP contribution in [0.2, 0.25) is 0 Å². The molecule has 0 aliphatic heterocycles. The summed E-state index contributed by atoms with van der Waals surface area (Å²) in [4.78, 5) is 17.2. The minimum atomic E-state index is 0.567. The van der Waals surface area contributed by atoms with Crippen LogP contribution in [0.5, 0.6) is 0 Å². The Balaban J connectivity index is 1.85. The van der Waals surface area contributed by atoms with Crippen molar-refractivity contribution >= 4 is 11.8 Å². The van der Waals surface area contributed by atoms with Crippen molar-refractivity contribution in [1.82, 2.24) is 19.9 Å². The third-order valence-electron chi connectivity index (χ3n) is 3.10. The predicted molar refractivity (Wildman–Crippen MR) is 86.4 cm³/mol. The molecule has 0 radical (unpaired) electrons. The van der Waals surface area contributed by atoms with Gasteiger partial charge in [-0.3, -0.25) is 9.97 Å². The molecule has 6 nitrogen and oxygen atoms in total. The first-order chi connectivity index (χ1) is 10.8. The van der Waals surface area contributed by atoms with Gasteiger partial charge in [0.1, 0.15) is 5.82 Å². The molecule has 0 atom stereocenters. The first-order valence-electron chi connectivity index (χ1n) is 6.96. The normalized spacial score (nSPS) is 10.2. The zero-order valence-electron chi connectivity index (χ0n) is 12.2. The molecule has 0 saturated carbocycles.